The Morgan fingerprint density at radius 1 is 1.32 bits per heavy atom. The zero-order chi connectivity index (χ0) is 16.4. The second-order valence-electron chi connectivity index (χ2n) is 5.52. The largest absolute Gasteiger partial charge is 0.478 e. The lowest BCUT2D eigenvalue weighted by atomic mass is 9.98. The van der Waals surface area contributed by atoms with Crippen LogP contribution in [0.15, 0.2) is 24.4 Å². The number of carbonyl (C=O) groups excluding carboxylic acids is 1. The molecule has 6 nitrogen and oxygen atoms in total. The van der Waals surface area contributed by atoms with Crippen LogP contribution in [0.4, 0.5) is 5.69 Å². The predicted molar refractivity (Wildman–Crippen MR) is 83.4 cm³/mol. The highest BCUT2D eigenvalue weighted by atomic mass is 16.4. The van der Waals surface area contributed by atoms with Gasteiger partial charge in [0.15, 0.2) is 5.69 Å². The van der Waals surface area contributed by atoms with E-state index in [1.165, 1.54) is 10.9 Å². The zero-order valence-electron chi connectivity index (χ0n) is 13.0. The summed E-state index contributed by atoms with van der Waals surface area (Å²) in [4.78, 5) is 23.6. The Balaban J connectivity index is 2.40. The van der Waals surface area contributed by atoms with Gasteiger partial charge in [0, 0.05) is 18.9 Å². The Morgan fingerprint density at radius 2 is 2.00 bits per heavy atom. The number of benzene rings is 1. The van der Waals surface area contributed by atoms with Gasteiger partial charge in [-0.2, -0.15) is 5.10 Å². The molecule has 0 saturated heterocycles. The number of carboxylic acid groups (broad SMARTS) is 1. The predicted octanol–water partition coefficient (Wildman–Crippen LogP) is 2.80. The van der Waals surface area contributed by atoms with Crippen molar-refractivity contribution in [1.29, 1.82) is 0 Å². The van der Waals surface area contributed by atoms with Crippen LogP contribution in [0.3, 0.4) is 0 Å². The van der Waals surface area contributed by atoms with Gasteiger partial charge in [0.2, 0.25) is 0 Å². The fourth-order valence-electron chi connectivity index (χ4n) is 2.33. The lowest BCUT2D eigenvalue weighted by molar-refractivity contribution is 0.0692. The number of aryl methyl sites for hydroxylation is 2. The molecule has 1 amide bonds. The van der Waals surface area contributed by atoms with E-state index in [9.17, 15) is 9.59 Å². The second-order valence-corrected chi connectivity index (χ2v) is 5.52. The molecule has 0 atom stereocenters. The van der Waals surface area contributed by atoms with Crippen LogP contribution in [0.1, 0.15) is 51.7 Å². The van der Waals surface area contributed by atoms with Crippen LogP contribution in [-0.4, -0.2) is 26.8 Å². The fraction of sp³-hybridized carbons (Fsp3) is 0.312. The molecule has 1 aromatic heterocycles. The molecule has 22 heavy (non-hydrogen) atoms. The van der Waals surface area contributed by atoms with E-state index in [1.54, 1.807) is 7.05 Å². The van der Waals surface area contributed by atoms with Gasteiger partial charge in [-0.25, -0.2) is 4.79 Å². The second kappa shape index (κ2) is 6.01. The number of amides is 1. The van der Waals surface area contributed by atoms with Gasteiger partial charge >= 0.3 is 5.97 Å². The molecule has 1 aromatic carbocycles. The Bertz CT molecular complexity index is 732. The van der Waals surface area contributed by atoms with Crippen molar-refractivity contribution in [2.75, 3.05) is 5.32 Å². The van der Waals surface area contributed by atoms with Crippen LogP contribution in [0.5, 0.6) is 0 Å². The van der Waals surface area contributed by atoms with Gasteiger partial charge in [0.05, 0.1) is 0 Å². The third-order valence-electron chi connectivity index (χ3n) is 3.44. The van der Waals surface area contributed by atoms with Crippen molar-refractivity contribution >= 4 is 17.6 Å². The Labute approximate surface area is 128 Å². The van der Waals surface area contributed by atoms with E-state index >= 15 is 0 Å². The molecule has 6 heteroatoms. The minimum absolute atomic E-state index is 0.0899. The molecule has 0 spiro atoms. The first-order valence-electron chi connectivity index (χ1n) is 6.99. The molecule has 0 aliphatic carbocycles. The Hall–Kier alpha value is -2.63. The number of aromatic carboxylic acids is 1. The standard InChI is InChI=1S/C16H19N3O3/c1-9(2)11-7-5-6-10(3)13(11)17-15(20)14-12(16(21)22)8-19(4)18-14/h5-9H,1-4H3,(H,17,20)(H,21,22). The number of nitrogens with one attached hydrogen (secondary N) is 1. The third-order valence-corrected chi connectivity index (χ3v) is 3.44. The highest BCUT2D eigenvalue weighted by Gasteiger charge is 2.22. The van der Waals surface area contributed by atoms with Crippen LogP contribution in [0.2, 0.25) is 0 Å². The van der Waals surface area contributed by atoms with Crippen molar-refractivity contribution in [3.63, 3.8) is 0 Å². The average Bonchev–Trinajstić information content (AvgIpc) is 2.83. The summed E-state index contributed by atoms with van der Waals surface area (Å²) in [7, 11) is 1.58. The number of carboxylic acids is 1. The average molecular weight is 301 g/mol. The van der Waals surface area contributed by atoms with E-state index < -0.39 is 11.9 Å². The molecule has 0 fully saturated rings. The number of para-hydroxylation sites is 1. The van der Waals surface area contributed by atoms with E-state index in [1.807, 2.05) is 39.0 Å². The van der Waals surface area contributed by atoms with Crippen LogP contribution < -0.4 is 5.32 Å². The summed E-state index contributed by atoms with van der Waals surface area (Å²) in [5.41, 5.74) is 2.44. The quantitative estimate of drug-likeness (QED) is 0.909. The molecule has 0 aliphatic rings. The van der Waals surface area contributed by atoms with Crippen LogP contribution in [0.25, 0.3) is 0 Å². The van der Waals surface area contributed by atoms with Crippen molar-refractivity contribution < 1.29 is 14.7 Å². The van der Waals surface area contributed by atoms with E-state index in [2.05, 4.69) is 10.4 Å². The number of aromatic nitrogens is 2. The van der Waals surface area contributed by atoms with Gasteiger partial charge < -0.3 is 10.4 Å². The Morgan fingerprint density at radius 3 is 2.59 bits per heavy atom. The summed E-state index contributed by atoms with van der Waals surface area (Å²) in [6.07, 6.45) is 1.32. The van der Waals surface area contributed by atoms with E-state index in [-0.39, 0.29) is 17.2 Å². The zero-order valence-corrected chi connectivity index (χ0v) is 13.0. The first-order chi connectivity index (χ1) is 10.3. The molecule has 2 N–H and O–H groups in total. The van der Waals surface area contributed by atoms with Crippen molar-refractivity contribution in [3.05, 3.63) is 46.8 Å². The monoisotopic (exact) mass is 301 g/mol. The number of rotatable bonds is 4. The van der Waals surface area contributed by atoms with E-state index in [0.29, 0.717) is 5.69 Å². The molecule has 0 unspecified atom stereocenters. The molecule has 0 saturated carbocycles. The summed E-state index contributed by atoms with van der Waals surface area (Å²) >= 11 is 0. The lowest BCUT2D eigenvalue weighted by Crippen LogP contribution is -2.18. The molecule has 2 rings (SSSR count). The topological polar surface area (TPSA) is 84.2 Å². The number of hydrogen-bond donors (Lipinski definition) is 2. The number of nitrogens with zero attached hydrogens (tertiary/aromatic N) is 2. The minimum atomic E-state index is -1.17. The molecule has 0 bridgehead atoms. The van der Waals surface area contributed by atoms with Crippen LogP contribution in [0, 0.1) is 6.92 Å². The fourth-order valence-corrected chi connectivity index (χ4v) is 2.33. The van der Waals surface area contributed by atoms with Crippen molar-refractivity contribution in [2.45, 2.75) is 26.7 Å². The summed E-state index contributed by atoms with van der Waals surface area (Å²) in [6, 6.07) is 5.78. The number of anilines is 1. The van der Waals surface area contributed by atoms with Crippen LogP contribution in [-0.2, 0) is 7.05 Å². The summed E-state index contributed by atoms with van der Waals surface area (Å²) in [5.74, 6) is -1.46. The first-order valence-corrected chi connectivity index (χ1v) is 6.99. The van der Waals surface area contributed by atoms with Crippen molar-refractivity contribution in [2.24, 2.45) is 7.05 Å². The lowest BCUT2D eigenvalue weighted by Gasteiger charge is -2.16. The highest BCUT2D eigenvalue weighted by Crippen LogP contribution is 2.28. The maximum absolute atomic E-state index is 12.4. The minimum Gasteiger partial charge on any atom is -0.478 e. The molecule has 0 radical (unpaired) electrons. The first kappa shape index (κ1) is 15.8. The van der Waals surface area contributed by atoms with Gasteiger partial charge in [0.1, 0.15) is 5.56 Å². The maximum atomic E-state index is 12.4. The molecular weight excluding hydrogens is 282 g/mol. The van der Waals surface area contributed by atoms with E-state index in [4.69, 9.17) is 5.11 Å². The van der Waals surface area contributed by atoms with Gasteiger partial charge in [-0.1, -0.05) is 32.0 Å². The molecular formula is C16H19N3O3. The van der Waals surface area contributed by atoms with E-state index in [0.717, 1.165) is 11.1 Å². The number of carbonyl (C=O) groups is 2. The molecule has 1 heterocycles. The van der Waals surface area contributed by atoms with Gasteiger partial charge in [-0.05, 0) is 24.0 Å². The smallest absolute Gasteiger partial charge is 0.339 e. The van der Waals surface area contributed by atoms with Gasteiger partial charge in [0.25, 0.3) is 5.91 Å². The third kappa shape index (κ3) is 3.00. The summed E-state index contributed by atoms with van der Waals surface area (Å²) in [6.45, 7) is 5.97. The summed E-state index contributed by atoms with van der Waals surface area (Å²) < 4.78 is 1.32. The van der Waals surface area contributed by atoms with Gasteiger partial charge in [-0.3, -0.25) is 9.48 Å². The Kier molecular flexibility index (Phi) is 4.30. The normalized spacial score (nSPS) is 10.8. The van der Waals surface area contributed by atoms with Crippen molar-refractivity contribution in [3.8, 4) is 0 Å². The van der Waals surface area contributed by atoms with Crippen molar-refractivity contribution in [1.82, 2.24) is 9.78 Å². The SMILES string of the molecule is Cc1cccc(C(C)C)c1NC(=O)c1nn(C)cc1C(=O)O. The number of hydrogen-bond acceptors (Lipinski definition) is 3. The van der Waals surface area contributed by atoms with Gasteiger partial charge in [-0.15, -0.1) is 0 Å². The molecule has 0 aliphatic heterocycles. The molecule has 2 aromatic rings. The maximum Gasteiger partial charge on any atom is 0.339 e. The highest BCUT2D eigenvalue weighted by molar-refractivity contribution is 6.09. The summed E-state index contributed by atoms with van der Waals surface area (Å²) in [5, 5.41) is 15.9. The van der Waals surface area contributed by atoms with Crippen LogP contribution >= 0.6 is 0 Å². The molecule has 116 valence electrons.